The number of para-hydroxylation sites is 1. The number of hydrogen-bond acceptors (Lipinski definition) is 5. The molecule has 2 heterocycles. The standard InChI is InChI=1S/C18H20N6O3/c1-11-15(12(2)23(20-11)14-8-6-5-7-9-14)10-19-18(25)16-17(24(26)27)13(3)22(4)21-16/h5-9H,10H2,1-4H3,(H,19,25). The molecule has 0 fully saturated rings. The van der Waals surface area contributed by atoms with E-state index in [0.29, 0.717) is 5.69 Å². The Labute approximate surface area is 155 Å². The van der Waals surface area contributed by atoms with E-state index in [0.717, 1.165) is 22.6 Å². The molecule has 1 N–H and O–H groups in total. The average Bonchev–Trinajstić information content (AvgIpc) is 3.10. The van der Waals surface area contributed by atoms with Crippen molar-refractivity contribution in [2.24, 2.45) is 7.05 Å². The van der Waals surface area contributed by atoms with Crippen LogP contribution in [0.5, 0.6) is 0 Å². The van der Waals surface area contributed by atoms with E-state index < -0.39 is 10.8 Å². The normalized spacial score (nSPS) is 10.8. The van der Waals surface area contributed by atoms with Crippen molar-refractivity contribution in [2.75, 3.05) is 0 Å². The van der Waals surface area contributed by atoms with Crippen molar-refractivity contribution in [3.8, 4) is 5.69 Å². The van der Waals surface area contributed by atoms with E-state index in [2.05, 4.69) is 15.5 Å². The highest BCUT2D eigenvalue weighted by atomic mass is 16.6. The van der Waals surface area contributed by atoms with Gasteiger partial charge in [0, 0.05) is 24.8 Å². The van der Waals surface area contributed by atoms with E-state index in [4.69, 9.17) is 0 Å². The van der Waals surface area contributed by atoms with E-state index >= 15 is 0 Å². The van der Waals surface area contributed by atoms with Gasteiger partial charge in [-0.25, -0.2) is 4.68 Å². The SMILES string of the molecule is Cc1nn(-c2ccccc2)c(C)c1CNC(=O)c1nn(C)c(C)c1[N+](=O)[O-]. The van der Waals surface area contributed by atoms with Gasteiger partial charge in [0.1, 0.15) is 5.69 Å². The van der Waals surface area contributed by atoms with E-state index in [9.17, 15) is 14.9 Å². The molecule has 9 heteroatoms. The number of aromatic nitrogens is 4. The van der Waals surface area contributed by atoms with Crippen LogP contribution in [-0.2, 0) is 13.6 Å². The molecular formula is C18H20N6O3. The maximum atomic E-state index is 12.5. The van der Waals surface area contributed by atoms with Crippen LogP contribution in [0.2, 0.25) is 0 Å². The van der Waals surface area contributed by atoms with Gasteiger partial charge in [-0.05, 0) is 32.9 Å². The number of carbonyl (C=O) groups excluding carboxylic acids is 1. The number of rotatable bonds is 5. The third-order valence-electron chi connectivity index (χ3n) is 4.57. The van der Waals surface area contributed by atoms with Crippen LogP contribution in [0.25, 0.3) is 5.69 Å². The predicted molar refractivity (Wildman–Crippen MR) is 98.8 cm³/mol. The number of carbonyl (C=O) groups is 1. The summed E-state index contributed by atoms with van der Waals surface area (Å²) in [7, 11) is 1.57. The van der Waals surface area contributed by atoms with Gasteiger partial charge in [-0.2, -0.15) is 10.2 Å². The smallest absolute Gasteiger partial charge is 0.322 e. The second-order valence-electron chi connectivity index (χ2n) is 6.24. The first kappa shape index (κ1) is 18.3. The molecule has 0 saturated heterocycles. The zero-order valence-electron chi connectivity index (χ0n) is 15.6. The molecule has 1 aromatic carbocycles. The highest BCUT2D eigenvalue weighted by Gasteiger charge is 2.29. The molecule has 0 saturated carbocycles. The first-order valence-corrected chi connectivity index (χ1v) is 8.38. The van der Waals surface area contributed by atoms with Crippen LogP contribution in [-0.4, -0.2) is 30.4 Å². The molecule has 0 spiro atoms. The maximum Gasteiger partial charge on any atom is 0.322 e. The minimum Gasteiger partial charge on any atom is -0.346 e. The van der Waals surface area contributed by atoms with E-state index in [1.54, 1.807) is 14.0 Å². The van der Waals surface area contributed by atoms with Gasteiger partial charge in [-0.15, -0.1) is 0 Å². The molecule has 0 atom stereocenters. The molecule has 27 heavy (non-hydrogen) atoms. The molecule has 0 aliphatic heterocycles. The Morgan fingerprint density at radius 1 is 1.15 bits per heavy atom. The van der Waals surface area contributed by atoms with Crippen LogP contribution in [0.4, 0.5) is 5.69 Å². The third kappa shape index (κ3) is 3.31. The van der Waals surface area contributed by atoms with Gasteiger partial charge in [0.15, 0.2) is 0 Å². The van der Waals surface area contributed by atoms with E-state index in [1.807, 2.05) is 48.9 Å². The van der Waals surface area contributed by atoms with Gasteiger partial charge < -0.3 is 5.32 Å². The fourth-order valence-corrected chi connectivity index (χ4v) is 2.97. The number of hydrogen-bond donors (Lipinski definition) is 1. The Bertz CT molecular complexity index is 1020. The highest BCUT2D eigenvalue weighted by Crippen LogP contribution is 2.22. The third-order valence-corrected chi connectivity index (χ3v) is 4.57. The van der Waals surface area contributed by atoms with E-state index in [-0.39, 0.29) is 17.9 Å². The summed E-state index contributed by atoms with van der Waals surface area (Å²) < 4.78 is 3.14. The first-order valence-electron chi connectivity index (χ1n) is 8.38. The number of amides is 1. The summed E-state index contributed by atoms with van der Waals surface area (Å²) >= 11 is 0. The lowest BCUT2D eigenvalue weighted by Gasteiger charge is -2.06. The summed E-state index contributed by atoms with van der Waals surface area (Å²) in [5.41, 5.74) is 3.33. The van der Waals surface area contributed by atoms with E-state index in [1.165, 1.54) is 4.68 Å². The van der Waals surface area contributed by atoms with Crippen LogP contribution in [0.1, 0.15) is 33.1 Å². The van der Waals surface area contributed by atoms with Gasteiger partial charge >= 0.3 is 5.69 Å². The predicted octanol–water partition coefficient (Wildman–Crippen LogP) is 2.37. The zero-order valence-corrected chi connectivity index (χ0v) is 15.6. The van der Waals surface area contributed by atoms with Crippen molar-refractivity contribution in [3.63, 3.8) is 0 Å². The molecule has 2 aromatic heterocycles. The summed E-state index contributed by atoms with van der Waals surface area (Å²) in [5.74, 6) is -0.586. The van der Waals surface area contributed by atoms with Gasteiger partial charge in [-0.3, -0.25) is 19.6 Å². The van der Waals surface area contributed by atoms with Crippen LogP contribution in [0, 0.1) is 30.9 Å². The van der Waals surface area contributed by atoms with Crippen molar-refractivity contribution in [1.29, 1.82) is 0 Å². The number of aryl methyl sites for hydroxylation is 2. The van der Waals surface area contributed by atoms with Crippen LogP contribution in [0.15, 0.2) is 30.3 Å². The number of benzene rings is 1. The monoisotopic (exact) mass is 368 g/mol. The number of nitrogens with zero attached hydrogens (tertiary/aromatic N) is 5. The highest BCUT2D eigenvalue weighted by molar-refractivity contribution is 5.96. The van der Waals surface area contributed by atoms with Gasteiger partial charge in [0.2, 0.25) is 5.69 Å². The Morgan fingerprint density at radius 3 is 2.44 bits per heavy atom. The Morgan fingerprint density at radius 2 is 1.81 bits per heavy atom. The molecule has 3 aromatic rings. The second kappa shape index (κ2) is 7.02. The fourth-order valence-electron chi connectivity index (χ4n) is 2.97. The lowest BCUT2D eigenvalue weighted by atomic mass is 10.2. The summed E-state index contributed by atoms with van der Waals surface area (Å²) in [4.78, 5) is 23.2. The minimum atomic E-state index is -0.586. The molecule has 0 radical (unpaired) electrons. The first-order chi connectivity index (χ1) is 12.8. The Balaban J connectivity index is 1.84. The Kier molecular flexibility index (Phi) is 4.76. The lowest BCUT2D eigenvalue weighted by molar-refractivity contribution is -0.385. The summed E-state index contributed by atoms with van der Waals surface area (Å²) in [6.07, 6.45) is 0. The zero-order chi connectivity index (χ0) is 19.7. The minimum absolute atomic E-state index is 0.189. The van der Waals surface area contributed by atoms with Crippen LogP contribution in [0.3, 0.4) is 0 Å². The summed E-state index contributed by atoms with van der Waals surface area (Å²) in [5, 5.41) is 22.5. The molecule has 0 aliphatic rings. The van der Waals surface area contributed by atoms with Crippen LogP contribution >= 0.6 is 0 Å². The molecule has 0 bridgehead atoms. The molecule has 9 nitrogen and oxygen atoms in total. The van der Waals surface area contributed by atoms with Crippen molar-refractivity contribution >= 4 is 11.6 Å². The molecule has 140 valence electrons. The topological polar surface area (TPSA) is 108 Å². The second-order valence-corrected chi connectivity index (χ2v) is 6.24. The number of nitrogens with one attached hydrogen (secondary N) is 1. The van der Waals surface area contributed by atoms with Gasteiger partial charge in [-0.1, -0.05) is 18.2 Å². The van der Waals surface area contributed by atoms with Crippen molar-refractivity contribution < 1.29 is 9.72 Å². The number of nitro groups is 1. The quantitative estimate of drug-likeness (QED) is 0.549. The molecule has 1 amide bonds. The van der Waals surface area contributed by atoms with Crippen molar-refractivity contribution in [2.45, 2.75) is 27.3 Å². The molecule has 0 aliphatic carbocycles. The van der Waals surface area contributed by atoms with Gasteiger partial charge in [0.05, 0.1) is 16.3 Å². The Hall–Kier alpha value is -3.49. The summed E-state index contributed by atoms with van der Waals surface area (Å²) in [6, 6.07) is 9.67. The molecule has 0 unspecified atom stereocenters. The average molecular weight is 368 g/mol. The summed E-state index contributed by atoms with van der Waals surface area (Å²) in [6.45, 7) is 5.54. The maximum absolute atomic E-state index is 12.5. The van der Waals surface area contributed by atoms with Crippen LogP contribution < -0.4 is 5.32 Å². The fraction of sp³-hybridized carbons (Fsp3) is 0.278. The largest absolute Gasteiger partial charge is 0.346 e. The van der Waals surface area contributed by atoms with Gasteiger partial charge in [0.25, 0.3) is 5.91 Å². The molecule has 3 rings (SSSR count). The van der Waals surface area contributed by atoms with Crippen molar-refractivity contribution in [3.05, 3.63) is 68.8 Å². The van der Waals surface area contributed by atoms with Crippen molar-refractivity contribution in [1.82, 2.24) is 24.9 Å². The lowest BCUT2D eigenvalue weighted by Crippen LogP contribution is -2.24. The molecular weight excluding hydrogens is 348 g/mol.